The highest BCUT2D eigenvalue weighted by molar-refractivity contribution is 5.81. The van der Waals surface area contributed by atoms with Gasteiger partial charge in [0.25, 0.3) is 0 Å². The average molecular weight is 330 g/mol. The second kappa shape index (κ2) is 6.54. The summed E-state index contributed by atoms with van der Waals surface area (Å²) in [6.07, 6.45) is 5.42. The Bertz CT molecular complexity index is 619. The zero-order valence-corrected chi connectivity index (χ0v) is 14.2. The summed E-state index contributed by atoms with van der Waals surface area (Å²) < 4.78 is 11.1. The van der Waals surface area contributed by atoms with Gasteiger partial charge in [-0.25, -0.2) is 0 Å². The minimum Gasteiger partial charge on any atom is -0.486 e. The Kier molecular flexibility index (Phi) is 4.25. The first-order valence-electron chi connectivity index (χ1n) is 9.12. The summed E-state index contributed by atoms with van der Waals surface area (Å²) in [6, 6.07) is 5.96. The van der Waals surface area contributed by atoms with Crippen LogP contribution in [0.15, 0.2) is 18.2 Å². The van der Waals surface area contributed by atoms with E-state index >= 15 is 0 Å². The van der Waals surface area contributed by atoms with Crippen molar-refractivity contribution in [3.8, 4) is 11.5 Å². The maximum Gasteiger partial charge on any atom is 0.239 e. The summed E-state index contributed by atoms with van der Waals surface area (Å²) >= 11 is 0. The molecule has 2 saturated carbocycles. The van der Waals surface area contributed by atoms with Crippen LogP contribution in [-0.2, 0) is 4.79 Å². The molecule has 0 aromatic heterocycles. The van der Waals surface area contributed by atoms with Gasteiger partial charge in [-0.3, -0.25) is 4.79 Å². The number of amides is 1. The standard InChI is InChI=1S/C19H26N2O3/c1-12(16-9-13-2-3-14(16)8-13)21-19(22)11-20-15-4-5-17-18(10-15)24-7-6-23-17/h4-5,10,12-14,16,20H,2-3,6-9,11H2,1H3,(H,21,22)/t12-,13+,14+,16+/m1/s1. The highest BCUT2D eigenvalue weighted by atomic mass is 16.6. The van der Waals surface area contributed by atoms with Crippen LogP contribution in [0.3, 0.4) is 0 Å². The lowest BCUT2D eigenvalue weighted by atomic mass is 9.84. The van der Waals surface area contributed by atoms with Crippen molar-refractivity contribution < 1.29 is 14.3 Å². The average Bonchev–Trinajstić information content (AvgIpc) is 3.23. The number of benzene rings is 1. The Morgan fingerprint density at radius 3 is 2.79 bits per heavy atom. The minimum atomic E-state index is 0.0557. The van der Waals surface area contributed by atoms with Crippen LogP contribution in [0.4, 0.5) is 5.69 Å². The Labute approximate surface area is 143 Å². The molecule has 4 atom stereocenters. The Morgan fingerprint density at radius 2 is 2.04 bits per heavy atom. The van der Waals surface area contributed by atoms with Crippen LogP contribution in [0, 0.1) is 17.8 Å². The summed E-state index contributed by atoms with van der Waals surface area (Å²) in [7, 11) is 0. The van der Waals surface area contributed by atoms with E-state index in [1.165, 1.54) is 25.7 Å². The number of hydrogen-bond acceptors (Lipinski definition) is 4. The number of rotatable bonds is 5. The predicted octanol–water partition coefficient (Wildman–Crippen LogP) is 2.81. The molecule has 3 aliphatic rings. The second-order valence-electron chi connectivity index (χ2n) is 7.41. The molecule has 2 bridgehead atoms. The van der Waals surface area contributed by atoms with Crippen molar-refractivity contribution in [3.05, 3.63) is 18.2 Å². The van der Waals surface area contributed by atoms with E-state index in [-0.39, 0.29) is 18.5 Å². The summed E-state index contributed by atoms with van der Waals surface area (Å²) in [5.74, 6) is 3.97. The molecule has 1 aromatic rings. The van der Waals surface area contributed by atoms with E-state index in [1.54, 1.807) is 0 Å². The molecule has 0 unspecified atom stereocenters. The lowest BCUT2D eigenvalue weighted by molar-refractivity contribution is -0.120. The molecule has 2 fully saturated rings. The van der Waals surface area contributed by atoms with Gasteiger partial charge in [0.1, 0.15) is 13.2 Å². The number of carbonyl (C=O) groups is 1. The highest BCUT2D eigenvalue weighted by Gasteiger charge is 2.42. The van der Waals surface area contributed by atoms with Gasteiger partial charge in [0.2, 0.25) is 5.91 Å². The van der Waals surface area contributed by atoms with Crippen molar-refractivity contribution in [3.63, 3.8) is 0 Å². The van der Waals surface area contributed by atoms with Gasteiger partial charge in [-0.15, -0.1) is 0 Å². The Balaban J connectivity index is 1.27. The number of nitrogens with one attached hydrogen (secondary N) is 2. The molecule has 130 valence electrons. The first kappa shape index (κ1) is 15.6. The van der Waals surface area contributed by atoms with Gasteiger partial charge < -0.3 is 20.1 Å². The second-order valence-corrected chi connectivity index (χ2v) is 7.41. The number of carbonyl (C=O) groups excluding carboxylic acids is 1. The lowest BCUT2D eigenvalue weighted by Crippen LogP contribution is -2.42. The van der Waals surface area contributed by atoms with E-state index < -0.39 is 0 Å². The predicted molar refractivity (Wildman–Crippen MR) is 92.5 cm³/mol. The van der Waals surface area contributed by atoms with Crippen molar-refractivity contribution in [2.75, 3.05) is 25.1 Å². The van der Waals surface area contributed by atoms with Gasteiger partial charge in [0.15, 0.2) is 11.5 Å². The summed E-state index contributed by atoms with van der Waals surface area (Å²) in [5, 5.41) is 6.36. The van der Waals surface area contributed by atoms with Crippen LogP contribution >= 0.6 is 0 Å². The van der Waals surface area contributed by atoms with Crippen LogP contribution < -0.4 is 20.1 Å². The third kappa shape index (κ3) is 3.17. The van der Waals surface area contributed by atoms with E-state index in [4.69, 9.17) is 9.47 Å². The molecule has 1 aromatic carbocycles. The van der Waals surface area contributed by atoms with Gasteiger partial charge >= 0.3 is 0 Å². The summed E-state index contributed by atoms with van der Waals surface area (Å²) in [5.41, 5.74) is 0.877. The van der Waals surface area contributed by atoms with E-state index in [9.17, 15) is 4.79 Å². The molecular weight excluding hydrogens is 304 g/mol. The van der Waals surface area contributed by atoms with Gasteiger partial charge in [-0.2, -0.15) is 0 Å². The van der Waals surface area contributed by atoms with E-state index in [0.29, 0.717) is 19.1 Å². The number of fused-ring (bicyclic) bond motifs is 3. The van der Waals surface area contributed by atoms with Crippen molar-refractivity contribution in [1.29, 1.82) is 0 Å². The van der Waals surface area contributed by atoms with Crippen LogP contribution in [0.1, 0.15) is 32.6 Å². The molecule has 1 heterocycles. The fourth-order valence-corrected chi connectivity index (χ4v) is 4.65. The Hall–Kier alpha value is -1.91. The molecular formula is C19H26N2O3. The molecule has 0 saturated heterocycles. The van der Waals surface area contributed by atoms with Gasteiger partial charge in [-0.1, -0.05) is 6.42 Å². The third-order valence-electron chi connectivity index (χ3n) is 5.82. The fourth-order valence-electron chi connectivity index (χ4n) is 4.65. The zero-order valence-electron chi connectivity index (χ0n) is 14.2. The maximum atomic E-state index is 12.2. The smallest absolute Gasteiger partial charge is 0.239 e. The SMILES string of the molecule is C[C@@H](NC(=O)CNc1ccc2c(c1)OCCO2)[C@@H]1C[C@H]2CC[C@H]1C2. The molecule has 5 heteroatoms. The molecule has 4 rings (SSSR count). The third-order valence-corrected chi connectivity index (χ3v) is 5.82. The molecule has 1 amide bonds. The molecule has 2 aliphatic carbocycles. The lowest BCUT2D eigenvalue weighted by Gasteiger charge is -2.28. The van der Waals surface area contributed by atoms with E-state index in [0.717, 1.165) is 29.0 Å². The number of anilines is 1. The van der Waals surface area contributed by atoms with Crippen LogP contribution in [0.2, 0.25) is 0 Å². The van der Waals surface area contributed by atoms with Gasteiger partial charge in [0, 0.05) is 17.8 Å². The van der Waals surface area contributed by atoms with Gasteiger partial charge in [-0.05, 0) is 56.1 Å². The molecule has 5 nitrogen and oxygen atoms in total. The largest absolute Gasteiger partial charge is 0.486 e. The summed E-state index contributed by atoms with van der Waals surface area (Å²) in [6.45, 7) is 3.60. The van der Waals surface area contributed by atoms with E-state index in [2.05, 4.69) is 17.6 Å². The van der Waals surface area contributed by atoms with Crippen LogP contribution in [0.25, 0.3) is 0 Å². The van der Waals surface area contributed by atoms with Crippen LogP contribution in [-0.4, -0.2) is 31.7 Å². The fraction of sp³-hybridized carbons (Fsp3) is 0.632. The zero-order chi connectivity index (χ0) is 16.5. The van der Waals surface area contributed by atoms with Crippen molar-refractivity contribution >= 4 is 11.6 Å². The van der Waals surface area contributed by atoms with Gasteiger partial charge in [0.05, 0.1) is 6.54 Å². The Morgan fingerprint density at radius 1 is 1.21 bits per heavy atom. The van der Waals surface area contributed by atoms with Crippen molar-refractivity contribution in [2.45, 2.75) is 38.6 Å². The minimum absolute atomic E-state index is 0.0557. The molecule has 0 radical (unpaired) electrons. The van der Waals surface area contributed by atoms with Crippen molar-refractivity contribution in [2.24, 2.45) is 17.8 Å². The number of hydrogen-bond donors (Lipinski definition) is 2. The first-order chi connectivity index (χ1) is 11.7. The molecule has 0 spiro atoms. The normalized spacial score (nSPS) is 28.5. The quantitative estimate of drug-likeness (QED) is 0.871. The molecule has 2 N–H and O–H groups in total. The maximum absolute atomic E-state index is 12.2. The molecule has 1 aliphatic heterocycles. The topological polar surface area (TPSA) is 59.6 Å². The number of ether oxygens (including phenoxy) is 2. The summed E-state index contributed by atoms with van der Waals surface area (Å²) in [4.78, 5) is 12.2. The highest BCUT2D eigenvalue weighted by Crippen LogP contribution is 2.49. The molecule has 24 heavy (non-hydrogen) atoms. The van der Waals surface area contributed by atoms with E-state index in [1.807, 2.05) is 18.2 Å². The van der Waals surface area contributed by atoms with Crippen LogP contribution in [0.5, 0.6) is 11.5 Å². The first-order valence-corrected chi connectivity index (χ1v) is 9.12. The van der Waals surface area contributed by atoms with Crippen molar-refractivity contribution in [1.82, 2.24) is 5.32 Å². The monoisotopic (exact) mass is 330 g/mol.